The molecule has 24 heavy (non-hydrogen) atoms. The minimum Gasteiger partial charge on any atom is -0.472 e. The van der Waals surface area contributed by atoms with E-state index in [-0.39, 0.29) is 24.6 Å². The number of nitrogen functional groups attached to an aromatic ring is 1. The fraction of sp³-hybridized carbons (Fsp3) is 0.438. The van der Waals surface area contributed by atoms with E-state index in [0.717, 1.165) is 5.69 Å². The first-order chi connectivity index (χ1) is 11.6. The summed E-state index contributed by atoms with van der Waals surface area (Å²) in [7, 11) is 0. The molecule has 0 aliphatic carbocycles. The number of rotatable bonds is 5. The molecule has 1 aliphatic rings. The van der Waals surface area contributed by atoms with Crippen LogP contribution in [0.3, 0.4) is 0 Å². The van der Waals surface area contributed by atoms with Crippen molar-refractivity contribution in [2.24, 2.45) is 0 Å². The van der Waals surface area contributed by atoms with Gasteiger partial charge in [-0.3, -0.25) is 4.79 Å². The third kappa shape index (κ3) is 4.02. The van der Waals surface area contributed by atoms with Gasteiger partial charge >= 0.3 is 0 Å². The van der Waals surface area contributed by atoms with E-state index in [4.69, 9.17) is 15.2 Å². The van der Waals surface area contributed by atoms with Crippen LogP contribution in [0.4, 0.5) is 5.82 Å². The van der Waals surface area contributed by atoms with Gasteiger partial charge in [-0.1, -0.05) is 6.07 Å². The van der Waals surface area contributed by atoms with E-state index < -0.39 is 0 Å². The van der Waals surface area contributed by atoms with Gasteiger partial charge in [-0.15, -0.1) is 0 Å². The molecule has 0 aromatic carbocycles. The van der Waals surface area contributed by atoms with E-state index in [1.165, 1.54) is 4.68 Å². The summed E-state index contributed by atoms with van der Waals surface area (Å²) in [6.07, 6.45) is 2.17. The standard InChI is InChI=1S/C16H21N5O3/c1-11-8-14(17)21(20-11)9-15(22)19-12-10-23-7-5-13(12)24-16-4-2-3-6-18-16/h2-4,6,8,12-13H,5,7,9-10,17H2,1H3,(H,19,22)/t12-,13-/m0/s1. The Morgan fingerprint density at radius 3 is 3.12 bits per heavy atom. The Balaban J connectivity index is 1.61. The van der Waals surface area contributed by atoms with Crippen LogP contribution in [-0.2, 0) is 16.1 Å². The number of aromatic nitrogens is 3. The number of carbonyl (C=O) groups excluding carboxylic acids is 1. The van der Waals surface area contributed by atoms with Crippen molar-refractivity contribution < 1.29 is 14.3 Å². The lowest BCUT2D eigenvalue weighted by Crippen LogP contribution is -2.52. The van der Waals surface area contributed by atoms with E-state index in [1.807, 2.05) is 19.1 Å². The fourth-order valence-corrected chi connectivity index (χ4v) is 2.65. The summed E-state index contributed by atoms with van der Waals surface area (Å²) < 4.78 is 12.8. The molecule has 128 valence electrons. The number of nitrogens with one attached hydrogen (secondary N) is 1. The monoisotopic (exact) mass is 331 g/mol. The Morgan fingerprint density at radius 1 is 1.54 bits per heavy atom. The Labute approximate surface area is 140 Å². The summed E-state index contributed by atoms with van der Waals surface area (Å²) in [5.74, 6) is 0.814. The highest BCUT2D eigenvalue weighted by molar-refractivity contribution is 5.76. The number of amides is 1. The number of aryl methyl sites for hydroxylation is 1. The number of anilines is 1. The summed E-state index contributed by atoms with van der Waals surface area (Å²) >= 11 is 0. The number of ether oxygens (including phenoxy) is 2. The molecule has 2 aromatic heterocycles. The van der Waals surface area contributed by atoms with Crippen molar-refractivity contribution in [2.45, 2.75) is 32.0 Å². The van der Waals surface area contributed by atoms with Crippen LogP contribution < -0.4 is 15.8 Å². The lowest BCUT2D eigenvalue weighted by atomic mass is 10.1. The van der Waals surface area contributed by atoms with E-state index in [2.05, 4.69) is 15.4 Å². The van der Waals surface area contributed by atoms with Gasteiger partial charge in [0, 0.05) is 24.8 Å². The van der Waals surface area contributed by atoms with Crippen molar-refractivity contribution in [1.82, 2.24) is 20.1 Å². The highest BCUT2D eigenvalue weighted by Crippen LogP contribution is 2.16. The molecule has 8 nitrogen and oxygen atoms in total. The van der Waals surface area contributed by atoms with Crippen LogP contribution in [0.1, 0.15) is 12.1 Å². The third-order valence-electron chi connectivity index (χ3n) is 3.78. The zero-order chi connectivity index (χ0) is 16.9. The number of nitrogens with two attached hydrogens (primary N) is 1. The van der Waals surface area contributed by atoms with Gasteiger partial charge < -0.3 is 20.5 Å². The minimum atomic E-state index is -0.244. The topological polar surface area (TPSA) is 104 Å². The molecule has 0 unspecified atom stereocenters. The van der Waals surface area contributed by atoms with Gasteiger partial charge in [0.2, 0.25) is 11.8 Å². The van der Waals surface area contributed by atoms with Crippen LogP contribution >= 0.6 is 0 Å². The first-order valence-electron chi connectivity index (χ1n) is 7.86. The second kappa shape index (κ2) is 7.31. The van der Waals surface area contributed by atoms with Crippen molar-refractivity contribution in [3.05, 3.63) is 36.2 Å². The molecule has 2 atom stereocenters. The fourth-order valence-electron chi connectivity index (χ4n) is 2.65. The van der Waals surface area contributed by atoms with Crippen molar-refractivity contribution in [2.75, 3.05) is 18.9 Å². The van der Waals surface area contributed by atoms with Gasteiger partial charge in [0.05, 0.1) is 24.9 Å². The smallest absolute Gasteiger partial charge is 0.242 e. The van der Waals surface area contributed by atoms with E-state index in [0.29, 0.717) is 31.3 Å². The second-order valence-corrected chi connectivity index (χ2v) is 5.73. The van der Waals surface area contributed by atoms with Gasteiger partial charge in [-0.25, -0.2) is 9.67 Å². The predicted octanol–water partition coefficient (Wildman–Crippen LogP) is 0.521. The van der Waals surface area contributed by atoms with Gasteiger partial charge in [0.1, 0.15) is 18.5 Å². The minimum absolute atomic E-state index is 0.0620. The largest absolute Gasteiger partial charge is 0.472 e. The quantitative estimate of drug-likeness (QED) is 0.828. The Bertz CT molecular complexity index is 688. The lowest BCUT2D eigenvalue weighted by molar-refractivity contribution is -0.125. The zero-order valence-corrected chi connectivity index (χ0v) is 13.5. The second-order valence-electron chi connectivity index (χ2n) is 5.73. The summed E-state index contributed by atoms with van der Waals surface area (Å²) in [5, 5.41) is 7.13. The van der Waals surface area contributed by atoms with E-state index >= 15 is 0 Å². The zero-order valence-electron chi connectivity index (χ0n) is 13.5. The summed E-state index contributed by atoms with van der Waals surface area (Å²) in [6.45, 7) is 2.88. The van der Waals surface area contributed by atoms with Crippen molar-refractivity contribution in [1.29, 1.82) is 0 Å². The van der Waals surface area contributed by atoms with Crippen LogP contribution in [0.15, 0.2) is 30.5 Å². The Kier molecular flexibility index (Phi) is 4.95. The molecule has 1 saturated heterocycles. The average Bonchev–Trinajstić information content (AvgIpc) is 2.87. The first-order valence-corrected chi connectivity index (χ1v) is 7.86. The predicted molar refractivity (Wildman–Crippen MR) is 87.4 cm³/mol. The molecule has 1 aliphatic heterocycles. The molecule has 3 rings (SSSR count). The molecule has 8 heteroatoms. The molecule has 0 bridgehead atoms. The molecule has 2 aromatic rings. The lowest BCUT2D eigenvalue weighted by Gasteiger charge is -2.32. The van der Waals surface area contributed by atoms with Crippen LogP contribution in [0.5, 0.6) is 5.88 Å². The van der Waals surface area contributed by atoms with Crippen molar-refractivity contribution in [3.8, 4) is 5.88 Å². The van der Waals surface area contributed by atoms with Gasteiger partial charge in [0.25, 0.3) is 0 Å². The van der Waals surface area contributed by atoms with Gasteiger partial charge in [-0.05, 0) is 13.0 Å². The average molecular weight is 331 g/mol. The molecular weight excluding hydrogens is 310 g/mol. The van der Waals surface area contributed by atoms with Crippen molar-refractivity contribution in [3.63, 3.8) is 0 Å². The third-order valence-corrected chi connectivity index (χ3v) is 3.78. The molecule has 0 radical (unpaired) electrons. The molecule has 1 amide bonds. The van der Waals surface area contributed by atoms with Crippen LogP contribution in [0, 0.1) is 6.92 Å². The van der Waals surface area contributed by atoms with Crippen molar-refractivity contribution >= 4 is 11.7 Å². The molecule has 1 fully saturated rings. The molecule has 0 spiro atoms. The van der Waals surface area contributed by atoms with Gasteiger partial charge in [-0.2, -0.15) is 5.10 Å². The number of pyridine rings is 1. The van der Waals surface area contributed by atoms with Crippen LogP contribution in [0.25, 0.3) is 0 Å². The van der Waals surface area contributed by atoms with Crippen LogP contribution in [-0.4, -0.2) is 46.0 Å². The Hall–Kier alpha value is -2.61. The number of hydrogen-bond acceptors (Lipinski definition) is 6. The maximum atomic E-state index is 12.3. The van der Waals surface area contributed by atoms with E-state index in [1.54, 1.807) is 18.3 Å². The first kappa shape index (κ1) is 16.3. The number of carbonyl (C=O) groups is 1. The highest BCUT2D eigenvalue weighted by atomic mass is 16.5. The number of hydrogen-bond donors (Lipinski definition) is 2. The summed E-state index contributed by atoms with van der Waals surface area (Å²) in [4.78, 5) is 16.4. The molecule has 3 N–H and O–H groups in total. The maximum absolute atomic E-state index is 12.3. The normalized spacial score (nSPS) is 20.5. The van der Waals surface area contributed by atoms with Gasteiger partial charge in [0.15, 0.2) is 0 Å². The van der Waals surface area contributed by atoms with E-state index in [9.17, 15) is 4.79 Å². The summed E-state index contributed by atoms with van der Waals surface area (Å²) in [5.41, 5.74) is 6.59. The molecular formula is C16H21N5O3. The molecule has 0 saturated carbocycles. The number of nitrogens with zero attached hydrogens (tertiary/aromatic N) is 3. The van der Waals surface area contributed by atoms with Crippen LogP contribution in [0.2, 0.25) is 0 Å². The highest BCUT2D eigenvalue weighted by Gasteiger charge is 2.29. The summed E-state index contributed by atoms with van der Waals surface area (Å²) in [6, 6.07) is 6.96. The SMILES string of the molecule is Cc1cc(N)n(CC(=O)N[C@H]2COCC[C@@H]2Oc2ccccn2)n1. The Morgan fingerprint density at radius 2 is 2.42 bits per heavy atom. The maximum Gasteiger partial charge on any atom is 0.242 e. The molecule has 3 heterocycles.